The van der Waals surface area contributed by atoms with Gasteiger partial charge in [-0.15, -0.1) is 0 Å². The molecule has 3 heterocycles. The van der Waals surface area contributed by atoms with Gasteiger partial charge in [0.15, 0.2) is 5.17 Å². The van der Waals surface area contributed by atoms with Gasteiger partial charge in [-0.25, -0.2) is 9.07 Å². The van der Waals surface area contributed by atoms with E-state index in [4.69, 9.17) is 9.84 Å². The SMILES string of the molecule is CC1CN(C2=NC(=O)C(=Cc3cn(-c4ccccc4)nc3-c3ccc(F)cc3)S2)CC(C)O1. The van der Waals surface area contributed by atoms with Crippen LogP contribution in [0.2, 0.25) is 0 Å². The highest BCUT2D eigenvalue weighted by Crippen LogP contribution is 2.34. The minimum absolute atomic E-state index is 0.0781. The standard InChI is InChI=1S/C25H23FN4O2S/c1-16-13-29(14-17(2)32-16)25-27-24(31)22(33-25)12-19-15-30(21-6-4-3-5-7-21)28-23(19)18-8-10-20(26)11-9-18/h3-12,15-17H,13-14H2,1-2H3. The molecular weight excluding hydrogens is 439 g/mol. The Morgan fingerprint density at radius 2 is 1.76 bits per heavy atom. The Kier molecular flexibility index (Phi) is 5.86. The number of morpholine rings is 1. The molecule has 0 spiro atoms. The fourth-order valence-electron chi connectivity index (χ4n) is 4.05. The van der Waals surface area contributed by atoms with Crippen molar-refractivity contribution in [1.82, 2.24) is 14.7 Å². The van der Waals surface area contributed by atoms with E-state index in [0.717, 1.165) is 16.8 Å². The van der Waals surface area contributed by atoms with Crippen molar-refractivity contribution < 1.29 is 13.9 Å². The molecule has 1 aromatic heterocycles. The number of thioether (sulfide) groups is 1. The molecule has 3 aromatic rings. The first-order valence-electron chi connectivity index (χ1n) is 10.8. The number of nitrogens with zero attached hydrogens (tertiary/aromatic N) is 4. The highest BCUT2D eigenvalue weighted by atomic mass is 32.2. The molecule has 1 saturated heterocycles. The van der Waals surface area contributed by atoms with Crippen molar-refractivity contribution in [3.63, 3.8) is 0 Å². The molecule has 6 nitrogen and oxygen atoms in total. The second-order valence-corrected chi connectivity index (χ2v) is 9.20. The smallest absolute Gasteiger partial charge is 0.286 e. The number of hydrogen-bond acceptors (Lipinski definition) is 5. The van der Waals surface area contributed by atoms with Gasteiger partial charge in [0.25, 0.3) is 5.91 Å². The molecular formula is C25H23FN4O2S. The van der Waals surface area contributed by atoms with Gasteiger partial charge in [0, 0.05) is 30.4 Å². The van der Waals surface area contributed by atoms with Crippen molar-refractivity contribution in [2.24, 2.45) is 4.99 Å². The summed E-state index contributed by atoms with van der Waals surface area (Å²) in [6.07, 6.45) is 3.86. The van der Waals surface area contributed by atoms with Crippen LogP contribution in [-0.4, -0.2) is 51.1 Å². The highest BCUT2D eigenvalue weighted by Gasteiger charge is 2.31. The van der Waals surface area contributed by atoms with Crippen molar-refractivity contribution in [3.05, 3.63) is 77.1 Å². The van der Waals surface area contributed by atoms with E-state index in [0.29, 0.717) is 28.9 Å². The average Bonchev–Trinajstić information content (AvgIpc) is 3.38. The molecule has 8 heteroatoms. The van der Waals surface area contributed by atoms with Crippen LogP contribution >= 0.6 is 11.8 Å². The summed E-state index contributed by atoms with van der Waals surface area (Å²) in [7, 11) is 0. The summed E-state index contributed by atoms with van der Waals surface area (Å²) < 4.78 is 21.1. The van der Waals surface area contributed by atoms with Gasteiger partial charge in [0.1, 0.15) is 5.82 Å². The van der Waals surface area contributed by atoms with E-state index in [2.05, 4.69) is 9.89 Å². The predicted molar refractivity (Wildman–Crippen MR) is 129 cm³/mol. The van der Waals surface area contributed by atoms with Crippen LogP contribution in [0.3, 0.4) is 0 Å². The first-order chi connectivity index (χ1) is 16.0. The van der Waals surface area contributed by atoms with Gasteiger partial charge in [-0.05, 0) is 68.1 Å². The first-order valence-corrected chi connectivity index (χ1v) is 11.6. The summed E-state index contributed by atoms with van der Waals surface area (Å²) in [5, 5.41) is 5.44. The van der Waals surface area contributed by atoms with E-state index in [1.807, 2.05) is 56.5 Å². The molecule has 2 aromatic carbocycles. The fourth-order valence-corrected chi connectivity index (χ4v) is 4.97. The van der Waals surface area contributed by atoms with Gasteiger partial charge in [-0.1, -0.05) is 18.2 Å². The minimum atomic E-state index is -0.310. The van der Waals surface area contributed by atoms with Crippen LogP contribution in [-0.2, 0) is 9.53 Å². The maximum absolute atomic E-state index is 13.5. The lowest BCUT2D eigenvalue weighted by atomic mass is 10.1. The molecule has 1 amide bonds. The Morgan fingerprint density at radius 3 is 2.45 bits per heavy atom. The lowest BCUT2D eigenvalue weighted by Gasteiger charge is -2.35. The molecule has 1 fully saturated rings. The molecule has 0 saturated carbocycles. The Balaban J connectivity index is 1.49. The second kappa shape index (κ2) is 8.96. The van der Waals surface area contributed by atoms with Gasteiger partial charge in [-0.2, -0.15) is 10.1 Å². The van der Waals surface area contributed by atoms with E-state index in [1.165, 1.54) is 23.9 Å². The highest BCUT2D eigenvalue weighted by molar-refractivity contribution is 8.18. The number of amidine groups is 1. The summed E-state index contributed by atoms with van der Waals surface area (Å²) in [5.41, 5.74) is 3.10. The summed E-state index contributed by atoms with van der Waals surface area (Å²) in [4.78, 5) is 19.7. The molecule has 2 atom stereocenters. The maximum Gasteiger partial charge on any atom is 0.286 e. The molecule has 0 radical (unpaired) electrons. The molecule has 0 N–H and O–H groups in total. The summed E-state index contributed by atoms with van der Waals surface area (Å²) in [6, 6.07) is 15.9. The number of aromatic nitrogens is 2. The van der Waals surface area contributed by atoms with E-state index >= 15 is 0 Å². The van der Waals surface area contributed by atoms with Crippen LogP contribution in [0.5, 0.6) is 0 Å². The Hall–Kier alpha value is -3.23. The third-order valence-electron chi connectivity index (χ3n) is 5.47. The van der Waals surface area contributed by atoms with Crippen molar-refractivity contribution in [2.45, 2.75) is 26.1 Å². The van der Waals surface area contributed by atoms with Crippen molar-refractivity contribution in [3.8, 4) is 16.9 Å². The van der Waals surface area contributed by atoms with Crippen molar-refractivity contribution in [1.29, 1.82) is 0 Å². The van der Waals surface area contributed by atoms with Gasteiger partial charge in [-0.3, -0.25) is 4.79 Å². The Bertz CT molecular complexity index is 1230. The minimum Gasteiger partial charge on any atom is -0.372 e. The number of benzene rings is 2. The normalized spacial score (nSPS) is 22.2. The number of carbonyl (C=O) groups excluding carboxylic acids is 1. The lowest BCUT2D eigenvalue weighted by Crippen LogP contribution is -2.47. The number of ether oxygens (including phenoxy) is 1. The molecule has 33 heavy (non-hydrogen) atoms. The zero-order valence-electron chi connectivity index (χ0n) is 18.3. The van der Waals surface area contributed by atoms with Crippen LogP contribution in [0.25, 0.3) is 23.0 Å². The van der Waals surface area contributed by atoms with E-state index in [-0.39, 0.29) is 23.9 Å². The topological polar surface area (TPSA) is 59.7 Å². The fraction of sp³-hybridized carbons (Fsp3) is 0.240. The Morgan fingerprint density at radius 1 is 1.06 bits per heavy atom. The van der Waals surface area contributed by atoms with Crippen LogP contribution in [0.4, 0.5) is 4.39 Å². The Labute approximate surface area is 195 Å². The molecule has 5 rings (SSSR count). The van der Waals surface area contributed by atoms with Crippen LogP contribution in [0, 0.1) is 5.82 Å². The van der Waals surface area contributed by atoms with E-state index in [1.54, 1.807) is 16.8 Å². The summed E-state index contributed by atoms with van der Waals surface area (Å²) >= 11 is 1.37. The maximum atomic E-state index is 13.5. The van der Waals surface area contributed by atoms with Gasteiger partial charge < -0.3 is 9.64 Å². The van der Waals surface area contributed by atoms with Crippen molar-refractivity contribution >= 4 is 28.9 Å². The number of hydrogen-bond donors (Lipinski definition) is 0. The largest absolute Gasteiger partial charge is 0.372 e. The third-order valence-corrected chi connectivity index (χ3v) is 6.51. The number of rotatable bonds is 3. The molecule has 2 aliphatic heterocycles. The molecule has 0 bridgehead atoms. The number of para-hydroxylation sites is 1. The predicted octanol–water partition coefficient (Wildman–Crippen LogP) is 4.76. The van der Waals surface area contributed by atoms with Crippen molar-refractivity contribution in [2.75, 3.05) is 13.1 Å². The lowest BCUT2D eigenvalue weighted by molar-refractivity contribution is -0.113. The molecule has 2 unspecified atom stereocenters. The average molecular weight is 463 g/mol. The first kappa shape index (κ1) is 21.6. The quantitative estimate of drug-likeness (QED) is 0.526. The zero-order valence-corrected chi connectivity index (χ0v) is 19.1. The van der Waals surface area contributed by atoms with Gasteiger partial charge in [0.2, 0.25) is 0 Å². The van der Waals surface area contributed by atoms with Gasteiger partial charge >= 0.3 is 0 Å². The van der Waals surface area contributed by atoms with Crippen LogP contribution in [0.1, 0.15) is 19.4 Å². The van der Waals surface area contributed by atoms with E-state index < -0.39 is 0 Å². The number of aliphatic imine (C=N–C) groups is 1. The molecule has 0 aliphatic carbocycles. The van der Waals surface area contributed by atoms with Crippen LogP contribution < -0.4 is 0 Å². The van der Waals surface area contributed by atoms with Crippen LogP contribution in [0.15, 0.2) is 70.7 Å². The number of halogens is 1. The van der Waals surface area contributed by atoms with Gasteiger partial charge in [0.05, 0.1) is 28.5 Å². The molecule has 168 valence electrons. The monoisotopic (exact) mass is 462 g/mol. The second-order valence-electron chi connectivity index (χ2n) is 8.19. The number of amides is 1. The van der Waals surface area contributed by atoms with E-state index in [9.17, 15) is 9.18 Å². The molecule has 2 aliphatic rings. The zero-order chi connectivity index (χ0) is 22.9. The summed E-state index contributed by atoms with van der Waals surface area (Å²) in [6.45, 7) is 5.44. The summed E-state index contributed by atoms with van der Waals surface area (Å²) in [5.74, 6) is -0.575. The number of carbonyl (C=O) groups is 1. The third kappa shape index (κ3) is 4.62.